The monoisotopic (exact) mass is 258 g/mol. The van der Waals surface area contributed by atoms with E-state index in [9.17, 15) is 4.79 Å². The summed E-state index contributed by atoms with van der Waals surface area (Å²) in [6, 6.07) is 10.2. The molecule has 1 atom stereocenters. The van der Waals surface area contributed by atoms with Gasteiger partial charge in [0.15, 0.2) is 0 Å². The van der Waals surface area contributed by atoms with E-state index in [1.54, 1.807) is 0 Å². The molecule has 2 heterocycles. The van der Waals surface area contributed by atoms with Crippen LogP contribution in [0.15, 0.2) is 30.3 Å². The van der Waals surface area contributed by atoms with E-state index in [0.717, 1.165) is 16.6 Å². The van der Waals surface area contributed by atoms with Crippen LogP contribution in [-0.2, 0) is 11.8 Å². The van der Waals surface area contributed by atoms with E-state index in [-0.39, 0.29) is 11.9 Å². The van der Waals surface area contributed by atoms with Gasteiger partial charge in [0.25, 0.3) is 5.91 Å². The highest BCUT2D eigenvalue weighted by Crippen LogP contribution is 2.21. The Morgan fingerprint density at radius 1 is 1.37 bits per heavy atom. The van der Waals surface area contributed by atoms with Gasteiger partial charge in [0.05, 0.1) is 19.3 Å². The molecule has 3 rings (SSSR count). The molecule has 0 aliphatic carbocycles. The average Bonchev–Trinajstić information content (AvgIpc) is 2.77. The molecule has 0 bridgehead atoms. The summed E-state index contributed by atoms with van der Waals surface area (Å²) in [4.78, 5) is 14.6. The lowest BCUT2D eigenvalue weighted by atomic mass is 10.2. The first-order chi connectivity index (χ1) is 9.18. The highest BCUT2D eigenvalue weighted by atomic mass is 16.5. The zero-order chi connectivity index (χ0) is 13.4. The van der Waals surface area contributed by atoms with Gasteiger partial charge in [0.2, 0.25) is 0 Å². The van der Waals surface area contributed by atoms with Crippen LogP contribution in [0.5, 0.6) is 0 Å². The van der Waals surface area contributed by atoms with Crippen molar-refractivity contribution in [2.24, 2.45) is 7.05 Å². The van der Waals surface area contributed by atoms with Crippen molar-refractivity contribution in [2.45, 2.75) is 13.0 Å². The zero-order valence-corrected chi connectivity index (χ0v) is 11.3. The van der Waals surface area contributed by atoms with Crippen LogP contribution in [0.3, 0.4) is 0 Å². The largest absolute Gasteiger partial charge is 0.377 e. The van der Waals surface area contributed by atoms with Crippen LogP contribution in [0.1, 0.15) is 17.4 Å². The molecule has 1 aromatic carbocycles. The fourth-order valence-electron chi connectivity index (χ4n) is 2.67. The van der Waals surface area contributed by atoms with E-state index in [0.29, 0.717) is 19.8 Å². The number of carbonyl (C=O) groups is 1. The summed E-state index contributed by atoms with van der Waals surface area (Å²) in [7, 11) is 1.95. The molecule has 1 aliphatic rings. The fraction of sp³-hybridized carbons (Fsp3) is 0.400. The first-order valence-electron chi connectivity index (χ1n) is 6.61. The number of para-hydroxylation sites is 1. The van der Waals surface area contributed by atoms with Crippen molar-refractivity contribution in [3.05, 3.63) is 36.0 Å². The summed E-state index contributed by atoms with van der Waals surface area (Å²) in [5.74, 6) is 0.0921. The quantitative estimate of drug-likeness (QED) is 0.784. The Morgan fingerprint density at radius 3 is 2.89 bits per heavy atom. The number of nitrogens with zero attached hydrogens (tertiary/aromatic N) is 2. The van der Waals surface area contributed by atoms with Gasteiger partial charge in [0.1, 0.15) is 5.69 Å². The summed E-state index contributed by atoms with van der Waals surface area (Å²) in [5, 5.41) is 1.11. The van der Waals surface area contributed by atoms with Gasteiger partial charge in [-0.1, -0.05) is 18.2 Å². The molecular weight excluding hydrogens is 240 g/mol. The zero-order valence-electron chi connectivity index (χ0n) is 11.3. The van der Waals surface area contributed by atoms with E-state index < -0.39 is 0 Å². The first kappa shape index (κ1) is 12.2. The maximum Gasteiger partial charge on any atom is 0.270 e. The highest BCUT2D eigenvalue weighted by Gasteiger charge is 2.26. The van der Waals surface area contributed by atoms with E-state index in [4.69, 9.17) is 4.74 Å². The van der Waals surface area contributed by atoms with E-state index >= 15 is 0 Å². The molecule has 1 aliphatic heterocycles. The van der Waals surface area contributed by atoms with Crippen LogP contribution in [0.25, 0.3) is 10.9 Å². The lowest BCUT2D eigenvalue weighted by Gasteiger charge is -2.33. The second-order valence-corrected chi connectivity index (χ2v) is 5.07. The van der Waals surface area contributed by atoms with Gasteiger partial charge >= 0.3 is 0 Å². The van der Waals surface area contributed by atoms with Crippen LogP contribution in [0, 0.1) is 0 Å². The minimum atomic E-state index is 0.0921. The molecule has 0 saturated carbocycles. The second-order valence-electron chi connectivity index (χ2n) is 5.07. The van der Waals surface area contributed by atoms with Crippen LogP contribution in [-0.4, -0.2) is 41.2 Å². The molecule has 4 nitrogen and oxygen atoms in total. The summed E-state index contributed by atoms with van der Waals surface area (Å²) in [6.07, 6.45) is 0. The van der Waals surface area contributed by atoms with Gasteiger partial charge in [-0.05, 0) is 19.1 Å². The Morgan fingerprint density at radius 2 is 2.16 bits per heavy atom. The molecule has 0 radical (unpaired) electrons. The van der Waals surface area contributed by atoms with Gasteiger partial charge in [-0.25, -0.2) is 0 Å². The van der Waals surface area contributed by atoms with Crippen molar-refractivity contribution in [2.75, 3.05) is 19.8 Å². The maximum atomic E-state index is 12.7. The maximum absolute atomic E-state index is 12.7. The molecule has 0 N–H and O–H groups in total. The Balaban J connectivity index is 1.99. The van der Waals surface area contributed by atoms with Crippen molar-refractivity contribution >= 4 is 16.8 Å². The Bertz CT molecular complexity index is 618. The smallest absolute Gasteiger partial charge is 0.270 e. The van der Waals surface area contributed by atoms with Gasteiger partial charge in [-0.2, -0.15) is 0 Å². The van der Waals surface area contributed by atoms with E-state index in [2.05, 4.69) is 0 Å². The van der Waals surface area contributed by atoms with Gasteiger partial charge < -0.3 is 14.2 Å². The fourth-order valence-corrected chi connectivity index (χ4v) is 2.67. The number of carbonyl (C=O) groups excluding carboxylic acids is 1. The molecule has 2 aromatic rings. The molecule has 1 aromatic heterocycles. The third-order valence-electron chi connectivity index (χ3n) is 3.80. The number of aryl methyl sites for hydroxylation is 1. The van der Waals surface area contributed by atoms with Crippen LogP contribution >= 0.6 is 0 Å². The van der Waals surface area contributed by atoms with Crippen LogP contribution in [0.4, 0.5) is 0 Å². The van der Waals surface area contributed by atoms with Crippen LogP contribution in [0.2, 0.25) is 0 Å². The van der Waals surface area contributed by atoms with Crippen LogP contribution < -0.4 is 0 Å². The number of hydrogen-bond acceptors (Lipinski definition) is 2. The predicted molar refractivity (Wildman–Crippen MR) is 74.2 cm³/mol. The number of hydrogen-bond donors (Lipinski definition) is 0. The minimum absolute atomic E-state index is 0.0921. The summed E-state index contributed by atoms with van der Waals surface area (Å²) >= 11 is 0. The third kappa shape index (κ3) is 2.02. The standard InChI is InChI=1S/C15H18N2O2/c1-11-10-19-8-7-17(11)15(18)14-9-12-5-3-4-6-13(12)16(14)2/h3-6,9,11H,7-8,10H2,1-2H3. The highest BCUT2D eigenvalue weighted by molar-refractivity contribution is 5.98. The van der Waals surface area contributed by atoms with Crippen molar-refractivity contribution in [3.8, 4) is 0 Å². The lowest BCUT2D eigenvalue weighted by molar-refractivity contribution is 0.00310. The number of aromatic nitrogens is 1. The second kappa shape index (κ2) is 4.70. The average molecular weight is 258 g/mol. The number of ether oxygens (including phenoxy) is 1. The normalized spacial score (nSPS) is 19.9. The lowest BCUT2D eigenvalue weighted by Crippen LogP contribution is -2.47. The minimum Gasteiger partial charge on any atom is -0.377 e. The van der Waals surface area contributed by atoms with Crippen molar-refractivity contribution in [3.63, 3.8) is 0 Å². The molecule has 100 valence electrons. The van der Waals surface area contributed by atoms with Crippen molar-refractivity contribution in [1.82, 2.24) is 9.47 Å². The number of fused-ring (bicyclic) bond motifs is 1. The van der Waals surface area contributed by atoms with Gasteiger partial charge in [0, 0.05) is 24.5 Å². The topological polar surface area (TPSA) is 34.5 Å². The molecule has 1 amide bonds. The van der Waals surface area contributed by atoms with Gasteiger partial charge in [-0.3, -0.25) is 4.79 Å². The summed E-state index contributed by atoms with van der Waals surface area (Å²) in [5.41, 5.74) is 1.83. The molecule has 4 heteroatoms. The number of amides is 1. The molecule has 1 unspecified atom stereocenters. The Kier molecular flexibility index (Phi) is 3.03. The predicted octanol–water partition coefficient (Wildman–Crippen LogP) is 2.04. The first-order valence-corrected chi connectivity index (χ1v) is 6.61. The SMILES string of the molecule is CC1COCCN1C(=O)c1cc2ccccc2n1C. The number of morpholine rings is 1. The van der Waals surface area contributed by atoms with Crippen molar-refractivity contribution < 1.29 is 9.53 Å². The molecular formula is C15H18N2O2. The number of rotatable bonds is 1. The Labute approximate surface area is 112 Å². The third-order valence-corrected chi connectivity index (χ3v) is 3.80. The van der Waals surface area contributed by atoms with E-state index in [1.807, 2.05) is 53.8 Å². The van der Waals surface area contributed by atoms with E-state index in [1.165, 1.54) is 0 Å². The van der Waals surface area contributed by atoms with Gasteiger partial charge in [-0.15, -0.1) is 0 Å². The number of benzene rings is 1. The summed E-state index contributed by atoms with van der Waals surface area (Å²) in [6.45, 7) is 3.94. The molecule has 0 spiro atoms. The molecule has 1 fully saturated rings. The van der Waals surface area contributed by atoms with Crippen molar-refractivity contribution in [1.29, 1.82) is 0 Å². The molecule has 1 saturated heterocycles. The summed E-state index contributed by atoms with van der Waals surface area (Å²) < 4.78 is 7.36. The Hall–Kier alpha value is -1.81. The molecule has 19 heavy (non-hydrogen) atoms.